The second-order valence-electron chi connectivity index (χ2n) is 4.08. The van der Waals surface area contributed by atoms with E-state index in [-0.39, 0.29) is 0 Å². The maximum atomic E-state index is 12.1. The molecule has 1 aliphatic rings. The summed E-state index contributed by atoms with van der Waals surface area (Å²) >= 11 is 0. The minimum atomic E-state index is -2.14. The molecule has 0 bridgehead atoms. The summed E-state index contributed by atoms with van der Waals surface area (Å²) in [5, 5.41) is 0.832. The molecule has 2 aromatic carbocycles. The zero-order valence-electron chi connectivity index (χ0n) is 9.57. The molecule has 0 saturated heterocycles. The molecule has 0 spiro atoms. The molecule has 0 aliphatic carbocycles. The second kappa shape index (κ2) is 4.05. The first kappa shape index (κ1) is 10.6. The van der Waals surface area contributed by atoms with Crippen LogP contribution in [-0.4, -0.2) is 0 Å². The summed E-state index contributed by atoms with van der Waals surface area (Å²) in [6.07, 6.45) is 0.889. The van der Waals surface area contributed by atoms with Gasteiger partial charge in [-0.25, -0.2) is 0 Å². The third-order valence-corrected chi connectivity index (χ3v) is 4.37. The van der Waals surface area contributed by atoms with Gasteiger partial charge in [-0.1, -0.05) is 43.3 Å². The van der Waals surface area contributed by atoms with E-state index in [0.717, 1.165) is 34.2 Å². The third kappa shape index (κ3) is 1.60. The smallest absolute Gasteiger partial charge is 0.266 e. The number of hydrogen-bond acceptors (Lipinski definition) is 2. The average molecular weight is 244 g/mol. The molecule has 86 valence electrons. The Morgan fingerprint density at radius 2 is 1.82 bits per heavy atom. The van der Waals surface area contributed by atoms with Gasteiger partial charge < -0.3 is 4.52 Å². The quantitative estimate of drug-likeness (QED) is 0.718. The first-order valence-corrected chi connectivity index (χ1v) is 7.06. The van der Waals surface area contributed by atoms with E-state index in [4.69, 9.17) is 4.52 Å². The predicted molar refractivity (Wildman–Crippen MR) is 70.5 cm³/mol. The largest absolute Gasteiger partial charge is 0.441 e. The van der Waals surface area contributed by atoms with E-state index in [1.54, 1.807) is 0 Å². The Bertz CT molecular complexity index is 605. The van der Waals surface area contributed by atoms with Gasteiger partial charge in [0.05, 0.1) is 5.30 Å². The monoisotopic (exact) mass is 244 g/mol. The minimum Gasteiger partial charge on any atom is -0.441 e. The van der Waals surface area contributed by atoms with Crippen LogP contribution in [0.5, 0.6) is 5.75 Å². The third-order valence-electron chi connectivity index (χ3n) is 3.11. The number of para-hydroxylation sites is 1. The summed E-state index contributed by atoms with van der Waals surface area (Å²) in [7, 11) is -2.14. The van der Waals surface area contributed by atoms with Crippen molar-refractivity contribution < 1.29 is 9.09 Å². The molecule has 2 aromatic rings. The van der Waals surface area contributed by atoms with Crippen LogP contribution in [0.2, 0.25) is 0 Å². The van der Waals surface area contributed by atoms with Crippen LogP contribution in [0.25, 0.3) is 11.1 Å². The maximum absolute atomic E-state index is 12.1. The van der Waals surface area contributed by atoms with Crippen LogP contribution in [0.1, 0.15) is 12.5 Å². The summed E-state index contributed by atoms with van der Waals surface area (Å²) in [5.41, 5.74) is 3.23. The minimum absolute atomic E-state index is 0.803. The van der Waals surface area contributed by atoms with Gasteiger partial charge >= 0.3 is 0 Å². The van der Waals surface area contributed by atoms with E-state index in [1.165, 1.54) is 0 Å². The Morgan fingerprint density at radius 3 is 2.65 bits per heavy atom. The summed E-state index contributed by atoms with van der Waals surface area (Å²) in [6.45, 7) is 2.08. The highest BCUT2D eigenvalue weighted by Crippen LogP contribution is 2.44. The van der Waals surface area contributed by atoms with E-state index in [2.05, 4.69) is 6.92 Å². The fraction of sp³-hybridized carbons (Fsp3) is 0.143. The van der Waals surface area contributed by atoms with Crippen molar-refractivity contribution in [3.63, 3.8) is 0 Å². The molecule has 3 rings (SSSR count). The zero-order chi connectivity index (χ0) is 11.8. The van der Waals surface area contributed by atoms with Crippen molar-refractivity contribution in [3.8, 4) is 16.9 Å². The normalized spacial score (nSPS) is 16.9. The molecule has 2 nitrogen and oxygen atoms in total. The van der Waals surface area contributed by atoms with Crippen molar-refractivity contribution in [1.29, 1.82) is 0 Å². The van der Waals surface area contributed by atoms with E-state index < -0.39 is 8.03 Å². The maximum Gasteiger partial charge on any atom is 0.266 e. The lowest BCUT2D eigenvalue weighted by atomic mass is 10.0. The molecule has 0 radical (unpaired) electrons. The molecule has 0 aromatic heterocycles. The van der Waals surface area contributed by atoms with Crippen molar-refractivity contribution in [2.75, 3.05) is 0 Å². The van der Waals surface area contributed by atoms with Gasteiger partial charge in [0.1, 0.15) is 5.75 Å². The van der Waals surface area contributed by atoms with Gasteiger partial charge in [-0.15, -0.1) is 0 Å². The summed E-state index contributed by atoms with van der Waals surface area (Å²) < 4.78 is 17.7. The molecular formula is C14H13O2P. The van der Waals surface area contributed by atoms with Crippen molar-refractivity contribution >= 4 is 13.3 Å². The van der Waals surface area contributed by atoms with E-state index in [0.29, 0.717) is 0 Å². The highest BCUT2D eigenvalue weighted by Gasteiger charge is 2.23. The lowest BCUT2D eigenvalue weighted by Gasteiger charge is -2.22. The number of hydrogen-bond donors (Lipinski definition) is 0. The standard InChI is InChI=1S/C14H13O2P/c1-2-10-6-5-8-12-11-7-3-4-9-13(11)17(15)16-14(10)12/h3-9,17H,2H2,1H3. The van der Waals surface area contributed by atoms with Crippen molar-refractivity contribution in [2.24, 2.45) is 0 Å². The van der Waals surface area contributed by atoms with Gasteiger partial charge in [-0.05, 0) is 23.6 Å². The Labute approximate surface area is 101 Å². The highest BCUT2D eigenvalue weighted by atomic mass is 31.1. The fourth-order valence-electron chi connectivity index (χ4n) is 2.24. The second-order valence-corrected chi connectivity index (χ2v) is 5.40. The van der Waals surface area contributed by atoms with E-state index >= 15 is 0 Å². The summed E-state index contributed by atoms with van der Waals surface area (Å²) in [6, 6.07) is 13.9. The molecule has 0 fully saturated rings. The van der Waals surface area contributed by atoms with Gasteiger partial charge in [-0.2, -0.15) is 0 Å². The van der Waals surface area contributed by atoms with Crippen LogP contribution in [0.4, 0.5) is 0 Å². The Balaban J connectivity index is 2.32. The first-order valence-electron chi connectivity index (χ1n) is 5.74. The average Bonchev–Trinajstić information content (AvgIpc) is 2.39. The van der Waals surface area contributed by atoms with Crippen LogP contribution in [-0.2, 0) is 11.0 Å². The lowest BCUT2D eigenvalue weighted by molar-refractivity contribution is 0.510. The van der Waals surface area contributed by atoms with E-state index in [1.807, 2.05) is 42.5 Å². The first-order chi connectivity index (χ1) is 8.31. The van der Waals surface area contributed by atoms with Crippen molar-refractivity contribution in [1.82, 2.24) is 0 Å². The van der Waals surface area contributed by atoms with Gasteiger partial charge in [0.15, 0.2) is 0 Å². The molecule has 1 unspecified atom stereocenters. The van der Waals surface area contributed by atoms with Crippen molar-refractivity contribution in [3.05, 3.63) is 48.0 Å². The topological polar surface area (TPSA) is 26.3 Å². The SMILES string of the molecule is CCc1cccc2c1O[PH](=O)c1ccccc1-2. The van der Waals surface area contributed by atoms with Crippen LogP contribution in [0, 0.1) is 0 Å². The van der Waals surface area contributed by atoms with Crippen LogP contribution >= 0.6 is 8.03 Å². The molecule has 1 atom stereocenters. The molecular weight excluding hydrogens is 231 g/mol. The number of aryl methyl sites for hydroxylation is 1. The Morgan fingerprint density at radius 1 is 1.06 bits per heavy atom. The van der Waals surface area contributed by atoms with Gasteiger partial charge in [0.25, 0.3) is 8.03 Å². The lowest BCUT2D eigenvalue weighted by Crippen LogP contribution is -2.10. The van der Waals surface area contributed by atoms with Crippen LogP contribution in [0.15, 0.2) is 42.5 Å². The van der Waals surface area contributed by atoms with Crippen LogP contribution < -0.4 is 9.83 Å². The molecule has 3 heteroatoms. The molecule has 0 N–H and O–H groups in total. The fourth-order valence-corrected chi connectivity index (χ4v) is 3.45. The Hall–Kier alpha value is -1.53. The molecule has 1 heterocycles. The number of benzene rings is 2. The van der Waals surface area contributed by atoms with Gasteiger partial charge in [-0.3, -0.25) is 4.57 Å². The number of rotatable bonds is 1. The van der Waals surface area contributed by atoms with E-state index in [9.17, 15) is 4.57 Å². The molecule has 0 amide bonds. The van der Waals surface area contributed by atoms with Crippen molar-refractivity contribution in [2.45, 2.75) is 13.3 Å². The highest BCUT2D eigenvalue weighted by molar-refractivity contribution is 7.49. The molecule has 1 aliphatic heterocycles. The Kier molecular flexibility index (Phi) is 2.53. The van der Waals surface area contributed by atoms with Gasteiger partial charge in [0.2, 0.25) is 0 Å². The molecule has 0 saturated carbocycles. The summed E-state index contributed by atoms with van der Waals surface area (Å²) in [5.74, 6) is 0.803. The number of fused-ring (bicyclic) bond motifs is 3. The predicted octanol–water partition coefficient (Wildman–Crippen LogP) is 3.41. The molecule has 17 heavy (non-hydrogen) atoms. The van der Waals surface area contributed by atoms with Crippen LogP contribution in [0.3, 0.4) is 0 Å². The summed E-state index contributed by atoms with van der Waals surface area (Å²) in [4.78, 5) is 0. The zero-order valence-corrected chi connectivity index (χ0v) is 10.6. The van der Waals surface area contributed by atoms with Gasteiger partial charge in [0, 0.05) is 5.56 Å².